The SMILES string of the molecule is Cc1cccc(-n2c(C)cc(/C=C(/C#N)C3=NN(c4ccccc4)[C@@H](N)[C@@H]3C#N)c2C)c1. The van der Waals surface area contributed by atoms with Gasteiger partial charge in [-0.2, -0.15) is 15.6 Å². The number of nitrogens with two attached hydrogens (primary N) is 1. The molecule has 2 aromatic carbocycles. The molecule has 3 aromatic rings. The highest BCUT2D eigenvalue weighted by Crippen LogP contribution is 2.30. The molecule has 1 aromatic heterocycles. The number of hydrogen-bond acceptors (Lipinski definition) is 5. The second-order valence-corrected chi connectivity index (χ2v) is 7.93. The summed E-state index contributed by atoms with van der Waals surface area (Å²) in [6.45, 7) is 6.13. The van der Waals surface area contributed by atoms with E-state index in [4.69, 9.17) is 5.73 Å². The molecule has 0 radical (unpaired) electrons. The van der Waals surface area contributed by atoms with Crippen LogP contribution in [0.1, 0.15) is 22.5 Å². The first-order valence-corrected chi connectivity index (χ1v) is 10.4. The minimum Gasteiger partial charge on any atom is -0.318 e. The molecule has 2 atom stereocenters. The number of benzene rings is 2. The summed E-state index contributed by atoms with van der Waals surface area (Å²) in [5.41, 5.74) is 13.1. The van der Waals surface area contributed by atoms with Crippen molar-refractivity contribution in [1.29, 1.82) is 10.5 Å². The molecule has 4 rings (SSSR count). The number of allylic oxidation sites excluding steroid dienone is 1. The molecular formula is C26H24N6. The van der Waals surface area contributed by atoms with Gasteiger partial charge in [-0.1, -0.05) is 30.3 Å². The van der Waals surface area contributed by atoms with E-state index in [1.54, 1.807) is 11.1 Å². The van der Waals surface area contributed by atoms with Crippen molar-refractivity contribution in [3.05, 3.63) is 88.8 Å². The van der Waals surface area contributed by atoms with E-state index < -0.39 is 12.1 Å². The Kier molecular flexibility index (Phi) is 5.64. The Bertz CT molecular complexity index is 1300. The molecule has 0 spiro atoms. The third-order valence-electron chi connectivity index (χ3n) is 5.72. The third-order valence-corrected chi connectivity index (χ3v) is 5.72. The van der Waals surface area contributed by atoms with Gasteiger partial charge in [-0.15, -0.1) is 0 Å². The first-order chi connectivity index (χ1) is 15.4. The molecule has 0 amide bonds. The Hall–Kier alpha value is -4.13. The second kappa shape index (κ2) is 8.55. The Labute approximate surface area is 188 Å². The molecule has 0 saturated heterocycles. The average molecular weight is 421 g/mol. The molecule has 0 fully saturated rings. The first-order valence-electron chi connectivity index (χ1n) is 10.4. The van der Waals surface area contributed by atoms with Crippen LogP contribution in [0, 0.1) is 49.4 Å². The highest BCUT2D eigenvalue weighted by Gasteiger charge is 2.37. The van der Waals surface area contributed by atoms with Gasteiger partial charge in [0.2, 0.25) is 0 Å². The zero-order chi connectivity index (χ0) is 22.8. The zero-order valence-electron chi connectivity index (χ0n) is 18.3. The Balaban J connectivity index is 1.77. The van der Waals surface area contributed by atoms with Crippen molar-refractivity contribution in [1.82, 2.24) is 4.57 Å². The van der Waals surface area contributed by atoms with Gasteiger partial charge in [0.25, 0.3) is 0 Å². The van der Waals surface area contributed by atoms with Crippen molar-refractivity contribution in [2.24, 2.45) is 16.8 Å². The summed E-state index contributed by atoms with van der Waals surface area (Å²) < 4.78 is 2.16. The highest BCUT2D eigenvalue weighted by atomic mass is 15.5. The maximum Gasteiger partial charge on any atom is 0.127 e. The van der Waals surface area contributed by atoms with Crippen molar-refractivity contribution >= 4 is 17.5 Å². The van der Waals surface area contributed by atoms with E-state index in [1.807, 2.05) is 56.3 Å². The van der Waals surface area contributed by atoms with E-state index in [2.05, 4.69) is 46.9 Å². The number of anilines is 1. The van der Waals surface area contributed by atoms with E-state index in [9.17, 15) is 10.5 Å². The van der Waals surface area contributed by atoms with Crippen LogP contribution in [0.3, 0.4) is 0 Å². The lowest BCUT2D eigenvalue weighted by atomic mass is 9.95. The van der Waals surface area contributed by atoms with Gasteiger partial charge in [0.15, 0.2) is 0 Å². The molecule has 32 heavy (non-hydrogen) atoms. The van der Waals surface area contributed by atoms with E-state index in [0.717, 1.165) is 28.3 Å². The summed E-state index contributed by atoms with van der Waals surface area (Å²) in [5, 5.41) is 25.9. The summed E-state index contributed by atoms with van der Waals surface area (Å²) >= 11 is 0. The van der Waals surface area contributed by atoms with Crippen molar-refractivity contribution in [2.45, 2.75) is 26.9 Å². The number of nitrogens with zero attached hydrogens (tertiary/aromatic N) is 5. The summed E-state index contributed by atoms with van der Waals surface area (Å²) in [7, 11) is 0. The van der Waals surface area contributed by atoms with Gasteiger partial charge < -0.3 is 10.3 Å². The van der Waals surface area contributed by atoms with Crippen LogP contribution < -0.4 is 10.7 Å². The maximum absolute atomic E-state index is 9.95. The smallest absolute Gasteiger partial charge is 0.127 e. The van der Waals surface area contributed by atoms with Crippen molar-refractivity contribution in [2.75, 3.05) is 5.01 Å². The van der Waals surface area contributed by atoms with Gasteiger partial charge in [0.05, 0.1) is 23.0 Å². The lowest BCUT2D eigenvalue weighted by Crippen LogP contribution is -2.40. The third kappa shape index (κ3) is 3.69. The molecule has 1 aliphatic rings. The van der Waals surface area contributed by atoms with Crippen molar-refractivity contribution in [3.8, 4) is 17.8 Å². The molecular weight excluding hydrogens is 396 g/mol. The molecule has 1 aliphatic heterocycles. The van der Waals surface area contributed by atoms with Crippen molar-refractivity contribution < 1.29 is 0 Å². The fraction of sp³-hybridized carbons (Fsp3) is 0.192. The molecule has 0 unspecified atom stereocenters. The molecule has 2 heterocycles. The average Bonchev–Trinajstić information content (AvgIpc) is 3.27. The van der Waals surface area contributed by atoms with Crippen LogP contribution in [0.2, 0.25) is 0 Å². The van der Waals surface area contributed by atoms with E-state index >= 15 is 0 Å². The number of para-hydroxylation sites is 1. The second-order valence-electron chi connectivity index (χ2n) is 7.93. The maximum atomic E-state index is 9.95. The van der Waals surface area contributed by atoms with Gasteiger partial charge in [-0.3, -0.25) is 0 Å². The molecule has 6 heteroatoms. The quantitative estimate of drug-likeness (QED) is 0.624. The Morgan fingerprint density at radius 2 is 1.72 bits per heavy atom. The standard InChI is InChI=1S/C26H24N6/c1-17-8-7-11-23(12-17)31-18(2)13-20(19(31)3)14-21(15-27)25-24(16-28)26(29)32(30-25)22-9-5-4-6-10-22/h4-14,24,26H,29H2,1-3H3/b21-14-/t24-,26-/m1/s1. The van der Waals surface area contributed by atoms with Gasteiger partial charge in [0.1, 0.15) is 18.2 Å². The van der Waals surface area contributed by atoms with Crippen LogP contribution in [-0.2, 0) is 0 Å². The number of nitriles is 2. The van der Waals surface area contributed by atoms with E-state index in [-0.39, 0.29) is 0 Å². The van der Waals surface area contributed by atoms with E-state index in [0.29, 0.717) is 11.3 Å². The van der Waals surface area contributed by atoms with Crippen molar-refractivity contribution in [3.63, 3.8) is 0 Å². The fourth-order valence-electron chi connectivity index (χ4n) is 4.13. The number of aryl methyl sites for hydroxylation is 2. The van der Waals surface area contributed by atoms with Gasteiger partial charge in [0, 0.05) is 17.1 Å². The Morgan fingerprint density at radius 3 is 2.38 bits per heavy atom. The highest BCUT2D eigenvalue weighted by molar-refractivity contribution is 6.11. The molecule has 2 N–H and O–H groups in total. The lowest BCUT2D eigenvalue weighted by Gasteiger charge is -2.21. The predicted molar refractivity (Wildman–Crippen MR) is 127 cm³/mol. The number of rotatable bonds is 4. The zero-order valence-corrected chi connectivity index (χ0v) is 18.3. The molecule has 0 aliphatic carbocycles. The lowest BCUT2D eigenvalue weighted by molar-refractivity contribution is 0.624. The first kappa shape index (κ1) is 21.1. The van der Waals surface area contributed by atoms with E-state index in [1.165, 1.54) is 5.56 Å². The Morgan fingerprint density at radius 1 is 1.00 bits per heavy atom. The van der Waals surface area contributed by atoms with Crippen LogP contribution in [0.25, 0.3) is 11.8 Å². The number of aromatic nitrogens is 1. The topological polar surface area (TPSA) is 94.1 Å². The fourth-order valence-corrected chi connectivity index (χ4v) is 4.13. The largest absolute Gasteiger partial charge is 0.318 e. The summed E-state index contributed by atoms with van der Waals surface area (Å²) in [6.07, 6.45) is 1.15. The van der Waals surface area contributed by atoms with Crippen LogP contribution >= 0.6 is 0 Å². The van der Waals surface area contributed by atoms with Gasteiger partial charge >= 0.3 is 0 Å². The molecule has 158 valence electrons. The summed E-state index contributed by atoms with van der Waals surface area (Å²) in [4.78, 5) is 0. The van der Waals surface area contributed by atoms with Crippen LogP contribution in [0.5, 0.6) is 0 Å². The summed E-state index contributed by atoms with van der Waals surface area (Å²) in [6, 6.07) is 24.2. The summed E-state index contributed by atoms with van der Waals surface area (Å²) in [5.74, 6) is -0.707. The van der Waals surface area contributed by atoms with Crippen LogP contribution in [0.4, 0.5) is 5.69 Å². The van der Waals surface area contributed by atoms with Gasteiger partial charge in [-0.25, -0.2) is 5.01 Å². The number of hydrazone groups is 1. The van der Waals surface area contributed by atoms with Crippen LogP contribution in [0.15, 0.2) is 71.3 Å². The monoisotopic (exact) mass is 420 g/mol. The molecule has 0 bridgehead atoms. The van der Waals surface area contributed by atoms with Crippen LogP contribution in [-0.4, -0.2) is 16.4 Å². The number of hydrogen-bond donors (Lipinski definition) is 1. The molecule has 6 nitrogen and oxygen atoms in total. The van der Waals surface area contributed by atoms with Gasteiger partial charge in [-0.05, 0) is 68.3 Å². The minimum atomic E-state index is -0.707. The predicted octanol–water partition coefficient (Wildman–Crippen LogP) is 4.61. The normalized spacial score (nSPS) is 18.2. The minimum absolute atomic E-state index is 0.343. The molecule has 0 saturated carbocycles.